The third-order valence-corrected chi connectivity index (χ3v) is 12.4. The Morgan fingerprint density at radius 1 is 0.860 bits per heavy atom. The van der Waals surface area contributed by atoms with Crippen LogP contribution in [0.3, 0.4) is 0 Å². The normalized spacial score (nSPS) is 22.4. The van der Waals surface area contributed by atoms with Crippen molar-refractivity contribution in [2.45, 2.75) is 63.1 Å². The summed E-state index contributed by atoms with van der Waals surface area (Å²) < 4.78 is 16.5. The number of nitrogens with one attached hydrogen (secondary N) is 3. The zero-order valence-electron chi connectivity index (χ0n) is 33.1. The molecular weight excluding hydrogens is 721 g/mol. The Balaban J connectivity index is 0.898. The molecule has 3 N–H and O–H groups in total. The van der Waals surface area contributed by atoms with Crippen LogP contribution in [0.1, 0.15) is 62.6 Å². The second-order valence-corrected chi connectivity index (χ2v) is 15.7. The van der Waals surface area contributed by atoms with Crippen LogP contribution in [0, 0.1) is 17.8 Å². The first-order valence-electron chi connectivity index (χ1n) is 20.0. The van der Waals surface area contributed by atoms with Crippen LogP contribution >= 0.6 is 0 Å². The van der Waals surface area contributed by atoms with E-state index in [1.165, 1.54) is 33.5 Å². The topological polar surface area (TPSA) is 151 Å². The second-order valence-electron chi connectivity index (χ2n) is 15.7. The Hall–Kier alpha value is -5.53. The number of rotatable bonds is 14. The molecule has 2 aromatic carbocycles. The van der Waals surface area contributed by atoms with Gasteiger partial charge in [-0.25, -0.2) is 19.7 Å². The highest BCUT2D eigenvalue weighted by Crippen LogP contribution is 2.56. The number of likely N-dealkylation sites (tertiary alicyclic amines) is 1. The molecule has 2 bridgehead atoms. The van der Waals surface area contributed by atoms with Crippen molar-refractivity contribution >= 4 is 17.8 Å². The molecule has 7 atom stereocenters. The molecule has 3 aliphatic rings. The largest absolute Gasteiger partial charge is 0.453 e. The first kappa shape index (κ1) is 38.3. The summed E-state index contributed by atoms with van der Waals surface area (Å²) in [7, 11) is 4.80. The number of pyridine rings is 1. The van der Waals surface area contributed by atoms with Gasteiger partial charge >= 0.3 is 6.09 Å². The summed E-state index contributed by atoms with van der Waals surface area (Å²) in [6, 6.07) is 21.8. The summed E-state index contributed by atoms with van der Waals surface area (Å²) >= 11 is 0. The lowest BCUT2D eigenvalue weighted by Crippen LogP contribution is -2.54. The number of fused-ring (bicyclic) bond motifs is 2. The Bertz CT molecular complexity index is 2120. The number of H-pyrrole nitrogens is 2. The van der Waals surface area contributed by atoms with E-state index < -0.39 is 18.2 Å². The van der Waals surface area contributed by atoms with Gasteiger partial charge in [-0.05, 0) is 91.2 Å². The van der Waals surface area contributed by atoms with Crippen LogP contribution in [0.4, 0.5) is 10.6 Å². The molecule has 3 aromatic heterocycles. The highest BCUT2D eigenvalue weighted by molar-refractivity contribution is 5.87. The van der Waals surface area contributed by atoms with Crippen LogP contribution in [0.25, 0.3) is 33.6 Å². The number of anilines is 1. The van der Waals surface area contributed by atoms with E-state index in [4.69, 9.17) is 19.2 Å². The molecule has 57 heavy (non-hydrogen) atoms. The van der Waals surface area contributed by atoms with E-state index in [-0.39, 0.29) is 11.9 Å². The molecule has 2 saturated carbocycles. The van der Waals surface area contributed by atoms with E-state index in [0.717, 1.165) is 64.7 Å². The molecule has 13 heteroatoms. The van der Waals surface area contributed by atoms with Gasteiger partial charge in [0, 0.05) is 32.8 Å². The lowest BCUT2D eigenvalue weighted by Gasteiger charge is -2.30. The standard InChI is InChI=1S/C44H52N8O5/c1-27(55-3)40(50-44(54)56-4)43(53)52-21-7-8-37(52)41-46-23-35(48-41)30-14-10-28(11-15-30)29-12-16-31(17-13-29)36-24-47-42(49-36)39-33-19-18-32(22-33)34(39)25-57-26-51(2)38-9-5-6-20-45-38/h5-6,9-17,20,23-24,27,32-34,37,39-40H,7-8,18-19,21-22,25-26H2,1-4H3,(H,46,48)(H,47,49)(H,50,54)/t27-,32?,33?,34?,37+,39?,40+/m1/s1. The van der Waals surface area contributed by atoms with Crippen LogP contribution in [-0.4, -0.2) is 95.1 Å². The van der Waals surface area contributed by atoms with Gasteiger partial charge in [0.1, 0.15) is 30.2 Å². The molecule has 3 fully saturated rings. The summed E-state index contributed by atoms with van der Waals surface area (Å²) in [4.78, 5) is 50.7. The maximum absolute atomic E-state index is 13.6. The summed E-state index contributed by atoms with van der Waals surface area (Å²) in [5.74, 6) is 4.66. The van der Waals surface area contributed by atoms with E-state index in [0.29, 0.717) is 42.8 Å². The number of hydrogen-bond donors (Lipinski definition) is 3. The molecule has 298 valence electrons. The third-order valence-electron chi connectivity index (χ3n) is 12.4. The Labute approximate surface area is 333 Å². The number of imidazole rings is 2. The average Bonchev–Trinajstić information content (AvgIpc) is 4.12. The van der Waals surface area contributed by atoms with E-state index in [1.807, 2.05) is 48.7 Å². The quantitative estimate of drug-likeness (QED) is 0.0997. The molecule has 0 spiro atoms. The number of nitrogens with zero attached hydrogens (tertiary/aromatic N) is 5. The van der Waals surface area contributed by atoms with Crippen molar-refractivity contribution in [2.75, 3.05) is 46.0 Å². The number of aromatic amines is 2. The Morgan fingerprint density at radius 3 is 2.16 bits per heavy atom. The molecule has 1 saturated heterocycles. The van der Waals surface area contributed by atoms with E-state index in [2.05, 4.69) is 73.8 Å². The van der Waals surface area contributed by atoms with Crippen LogP contribution in [0.5, 0.6) is 0 Å². The molecule has 5 aromatic rings. The minimum atomic E-state index is -0.877. The maximum atomic E-state index is 13.6. The highest BCUT2D eigenvalue weighted by Gasteiger charge is 2.49. The number of carbonyl (C=O) groups is 2. The number of ether oxygens (including phenoxy) is 3. The number of alkyl carbamates (subject to hydrolysis) is 1. The predicted octanol–water partition coefficient (Wildman–Crippen LogP) is 7.19. The summed E-state index contributed by atoms with van der Waals surface area (Å²) in [6.07, 6.45) is 9.79. The fourth-order valence-corrected chi connectivity index (χ4v) is 9.23. The first-order chi connectivity index (χ1) is 27.8. The highest BCUT2D eigenvalue weighted by atomic mass is 16.5. The van der Waals surface area contributed by atoms with Crippen LogP contribution < -0.4 is 10.2 Å². The van der Waals surface area contributed by atoms with E-state index in [9.17, 15) is 9.59 Å². The summed E-state index contributed by atoms with van der Waals surface area (Å²) in [6.45, 7) is 3.55. The van der Waals surface area contributed by atoms with Crippen molar-refractivity contribution in [1.82, 2.24) is 35.1 Å². The molecule has 4 heterocycles. The molecule has 2 amide bonds. The zero-order valence-corrected chi connectivity index (χ0v) is 33.1. The Morgan fingerprint density at radius 2 is 1.51 bits per heavy atom. The maximum Gasteiger partial charge on any atom is 0.407 e. The van der Waals surface area contributed by atoms with Crippen molar-refractivity contribution < 1.29 is 23.8 Å². The summed E-state index contributed by atoms with van der Waals surface area (Å²) in [5, 5.41) is 2.64. The SMILES string of the molecule is COC(=O)N[C@H](C(=O)N1CCC[C@H]1c1ncc(-c2ccc(-c3ccc(-c4cnc(C5C6CCC(C6)C5COCN(C)c5ccccn5)[nH]4)cc3)cc2)[nH]1)[C@@H](C)OC. The van der Waals surface area contributed by atoms with Gasteiger partial charge in [-0.15, -0.1) is 0 Å². The minimum absolute atomic E-state index is 0.227. The Kier molecular flexibility index (Phi) is 11.4. The molecular formula is C44H52N8O5. The van der Waals surface area contributed by atoms with Crippen molar-refractivity contribution in [3.8, 4) is 33.6 Å². The van der Waals surface area contributed by atoms with Crippen LogP contribution in [0.2, 0.25) is 0 Å². The lowest BCUT2D eigenvalue weighted by molar-refractivity contribution is -0.137. The minimum Gasteiger partial charge on any atom is -0.453 e. The van der Waals surface area contributed by atoms with Crippen molar-refractivity contribution in [2.24, 2.45) is 17.8 Å². The molecule has 1 aliphatic heterocycles. The van der Waals surface area contributed by atoms with E-state index >= 15 is 0 Å². The van der Waals surface area contributed by atoms with Crippen LogP contribution in [-0.2, 0) is 19.0 Å². The van der Waals surface area contributed by atoms with Crippen molar-refractivity contribution in [3.63, 3.8) is 0 Å². The molecule has 13 nitrogen and oxygen atoms in total. The van der Waals surface area contributed by atoms with Gasteiger partial charge in [-0.1, -0.05) is 54.6 Å². The number of benzene rings is 2. The van der Waals surface area contributed by atoms with Gasteiger partial charge in [-0.2, -0.15) is 0 Å². The van der Waals surface area contributed by atoms with Gasteiger partial charge in [0.05, 0.1) is 49.6 Å². The smallest absolute Gasteiger partial charge is 0.407 e. The second kappa shape index (κ2) is 16.9. The number of methoxy groups -OCH3 is 2. The zero-order chi connectivity index (χ0) is 39.5. The molecule has 2 aliphatic carbocycles. The molecule has 0 radical (unpaired) electrons. The van der Waals surface area contributed by atoms with Crippen molar-refractivity contribution in [1.29, 1.82) is 0 Å². The third kappa shape index (κ3) is 8.04. The van der Waals surface area contributed by atoms with Gasteiger partial charge in [0.15, 0.2) is 0 Å². The van der Waals surface area contributed by atoms with Crippen molar-refractivity contribution in [3.05, 3.63) is 97.0 Å². The lowest BCUT2D eigenvalue weighted by atomic mass is 9.79. The van der Waals surface area contributed by atoms with E-state index in [1.54, 1.807) is 11.8 Å². The predicted molar refractivity (Wildman–Crippen MR) is 217 cm³/mol. The van der Waals surface area contributed by atoms with Gasteiger partial charge in [0.25, 0.3) is 0 Å². The fourth-order valence-electron chi connectivity index (χ4n) is 9.23. The number of carbonyl (C=O) groups excluding carboxylic acids is 2. The van der Waals surface area contributed by atoms with Gasteiger partial charge < -0.3 is 39.3 Å². The molecule has 4 unspecified atom stereocenters. The number of amides is 2. The first-order valence-corrected chi connectivity index (χ1v) is 20.0. The number of aromatic nitrogens is 5. The van der Waals surface area contributed by atoms with Gasteiger partial charge in [0.2, 0.25) is 5.91 Å². The summed E-state index contributed by atoms with van der Waals surface area (Å²) in [5.41, 5.74) is 6.24. The van der Waals surface area contributed by atoms with Gasteiger partial charge in [-0.3, -0.25) is 4.79 Å². The fraction of sp³-hybridized carbons (Fsp3) is 0.432. The monoisotopic (exact) mass is 772 g/mol. The average molecular weight is 773 g/mol. The molecule has 8 rings (SSSR count). The number of hydrogen-bond acceptors (Lipinski definition) is 9. The van der Waals surface area contributed by atoms with Crippen LogP contribution in [0.15, 0.2) is 85.3 Å².